The van der Waals surface area contributed by atoms with Crippen LogP contribution in [-0.4, -0.2) is 5.17 Å². The minimum absolute atomic E-state index is 0.00900. The molecule has 1 rings (SSSR count). The van der Waals surface area contributed by atoms with E-state index in [1.165, 1.54) is 12.1 Å². The van der Waals surface area contributed by atoms with Gasteiger partial charge in [0.05, 0.1) is 11.3 Å². The molecule has 0 bridgehead atoms. The molecular formula is C11H10ClF3IN. The van der Waals surface area contributed by atoms with Gasteiger partial charge in [-0.1, -0.05) is 25.4 Å². The summed E-state index contributed by atoms with van der Waals surface area (Å²) in [7, 11) is 0. The van der Waals surface area contributed by atoms with Crippen LogP contribution in [0.2, 0.25) is 0 Å². The van der Waals surface area contributed by atoms with Gasteiger partial charge < -0.3 is 0 Å². The molecule has 0 aliphatic rings. The van der Waals surface area contributed by atoms with E-state index in [4.69, 9.17) is 11.6 Å². The first kappa shape index (κ1) is 14.8. The number of alkyl halides is 3. The number of rotatable bonds is 2. The van der Waals surface area contributed by atoms with Gasteiger partial charge in [-0.15, -0.1) is 0 Å². The van der Waals surface area contributed by atoms with Gasteiger partial charge in [-0.25, -0.2) is 4.99 Å². The quantitative estimate of drug-likeness (QED) is 0.495. The normalized spacial score (nSPS) is 13.3. The van der Waals surface area contributed by atoms with Gasteiger partial charge in [0.2, 0.25) is 0 Å². The van der Waals surface area contributed by atoms with Gasteiger partial charge in [0.25, 0.3) is 0 Å². The van der Waals surface area contributed by atoms with Crippen LogP contribution in [0.1, 0.15) is 19.4 Å². The van der Waals surface area contributed by atoms with Crippen LogP contribution in [0.4, 0.5) is 18.9 Å². The Labute approximate surface area is 116 Å². The fourth-order valence-electron chi connectivity index (χ4n) is 1.05. The molecule has 0 aliphatic carbocycles. The Morgan fingerprint density at radius 3 is 2.41 bits per heavy atom. The van der Waals surface area contributed by atoms with Crippen LogP contribution in [0.15, 0.2) is 23.2 Å². The summed E-state index contributed by atoms with van der Waals surface area (Å²) in [6, 6.07) is 3.90. The zero-order valence-corrected chi connectivity index (χ0v) is 12.1. The van der Waals surface area contributed by atoms with Gasteiger partial charge in [-0.05, 0) is 40.8 Å². The first-order valence-electron chi connectivity index (χ1n) is 4.82. The minimum Gasteiger partial charge on any atom is -0.241 e. The maximum atomic E-state index is 12.6. The smallest absolute Gasteiger partial charge is 0.241 e. The van der Waals surface area contributed by atoms with Crippen molar-refractivity contribution in [1.82, 2.24) is 0 Å². The monoisotopic (exact) mass is 375 g/mol. The van der Waals surface area contributed by atoms with Gasteiger partial charge in [-0.2, -0.15) is 13.2 Å². The lowest BCUT2D eigenvalue weighted by Gasteiger charge is -2.10. The Morgan fingerprint density at radius 1 is 1.35 bits per heavy atom. The summed E-state index contributed by atoms with van der Waals surface area (Å²) < 4.78 is 38.1. The average Bonchev–Trinajstić information content (AvgIpc) is 2.19. The zero-order chi connectivity index (χ0) is 13.2. The van der Waals surface area contributed by atoms with Crippen LogP contribution in [0, 0.1) is 9.49 Å². The van der Waals surface area contributed by atoms with Crippen molar-refractivity contribution in [2.45, 2.75) is 20.0 Å². The molecule has 1 nitrogen and oxygen atoms in total. The fraction of sp³-hybridized carbons (Fsp3) is 0.364. The number of nitrogens with zero attached hydrogens (tertiary/aromatic N) is 1. The number of benzene rings is 1. The van der Waals surface area contributed by atoms with Crippen LogP contribution < -0.4 is 0 Å². The molecule has 6 heteroatoms. The van der Waals surface area contributed by atoms with Gasteiger partial charge in [0.15, 0.2) is 0 Å². The summed E-state index contributed by atoms with van der Waals surface area (Å²) in [5, 5.41) is 0.291. The lowest BCUT2D eigenvalue weighted by atomic mass is 10.2. The third-order valence-corrected chi connectivity index (χ3v) is 3.43. The standard InChI is InChI=1S/C11H10ClF3IN/c1-6(2)10(12)17-7-3-4-9(16)8(5-7)11(13,14)15/h3-6H,1-2H3. The van der Waals surface area contributed by atoms with E-state index in [1.54, 1.807) is 22.6 Å². The number of hydrogen-bond acceptors (Lipinski definition) is 1. The maximum absolute atomic E-state index is 12.6. The first-order valence-corrected chi connectivity index (χ1v) is 6.28. The van der Waals surface area contributed by atoms with E-state index >= 15 is 0 Å². The van der Waals surface area contributed by atoms with Crippen molar-refractivity contribution in [2.24, 2.45) is 10.9 Å². The molecular weight excluding hydrogens is 365 g/mol. The van der Waals surface area contributed by atoms with Gasteiger partial charge in [-0.3, -0.25) is 0 Å². The Morgan fingerprint density at radius 2 is 1.94 bits per heavy atom. The van der Waals surface area contributed by atoms with Crippen LogP contribution in [0.5, 0.6) is 0 Å². The predicted octanol–water partition coefficient (Wildman–Crippen LogP) is 5.23. The number of halogens is 5. The van der Waals surface area contributed by atoms with E-state index < -0.39 is 11.7 Å². The lowest BCUT2D eigenvalue weighted by molar-refractivity contribution is -0.138. The third kappa shape index (κ3) is 4.13. The number of aliphatic imine (C=N–C) groups is 1. The maximum Gasteiger partial charge on any atom is 0.417 e. The fourth-order valence-corrected chi connectivity index (χ4v) is 1.79. The highest BCUT2D eigenvalue weighted by Crippen LogP contribution is 2.35. The Balaban J connectivity index is 3.18. The third-order valence-electron chi connectivity index (χ3n) is 1.97. The van der Waals surface area contributed by atoms with Crippen LogP contribution in [-0.2, 0) is 6.18 Å². The molecule has 0 aromatic heterocycles. The molecule has 0 radical (unpaired) electrons. The van der Waals surface area contributed by atoms with Crippen molar-refractivity contribution in [3.05, 3.63) is 27.3 Å². The molecule has 17 heavy (non-hydrogen) atoms. The van der Waals surface area contributed by atoms with Crippen molar-refractivity contribution in [1.29, 1.82) is 0 Å². The molecule has 0 saturated carbocycles. The minimum atomic E-state index is -4.37. The molecule has 1 aromatic carbocycles. The molecule has 0 N–H and O–H groups in total. The predicted molar refractivity (Wildman–Crippen MR) is 71.9 cm³/mol. The first-order chi connectivity index (χ1) is 7.71. The molecule has 1 aromatic rings. The van der Waals surface area contributed by atoms with E-state index in [-0.39, 0.29) is 15.2 Å². The summed E-state index contributed by atoms with van der Waals surface area (Å²) in [6.45, 7) is 3.65. The van der Waals surface area contributed by atoms with Crippen LogP contribution in [0.3, 0.4) is 0 Å². The second-order valence-corrected chi connectivity index (χ2v) is 5.30. The van der Waals surface area contributed by atoms with E-state index in [2.05, 4.69) is 4.99 Å². The van der Waals surface area contributed by atoms with Crippen LogP contribution in [0.25, 0.3) is 0 Å². The molecule has 0 heterocycles. The molecule has 0 spiro atoms. The average molecular weight is 376 g/mol. The molecule has 0 unspecified atom stereocenters. The zero-order valence-electron chi connectivity index (χ0n) is 9.15. The van der Waals surface area contributed by atoms with Crippen molar-refractivity contribution >= 4 is 45.1 Å². The summed E-state index contributed by atoms with van der Waals surface area (Å²) in [4.78, 5) is 3.95. The number of hydrogen-bond donors (Lipinski definition) is 0. The summed E-state index contributed by atoms with van der Waals surface area (Å²) in [5.74, 6) is -0.00900. The topological polar surface area (TPSA) is 12.4 Å². The highest BCUT2D eigenvalue weighted by atomic mass is 127. The lowest BCUT2D eigenvalue weighted by Crippen LogP contribution is -2.07. The SMILES string of the molecule is CC(C)C(Cl)=Nc1ccc(I)c(C(F)(F)F)c1. The Bertz CT molecular complexity index is 441. The van der Waals surface area contributed by atoms with Gasteiger partial charge in [0, 0.05) is 9.49 Å². The molecule has 0 atom stereocenters. The molecule has 94 valence electrons. The second kappa shape index (κ2) is 5.56. The molecule has 0 fully saturated rings. The van der Waals surface area contributed by atoms with Crippen molar-refractivity contribution in [3.63, 3.8) is 0 Å². The Hall–Kier alpha value is -0.300. The van der Waals surface area contributed by atoms with Crippen LogP contribution >= 0.6 is 34.2 Å². The van der Waals surface area contributed by atoms with E-state index in [9.17, 15) is 13.2 Å². The van der Waals surface area contributed by atoms with Crippen molar-refractivity contribution in [3.8, 4) is 0 Å². The van der Waals surface area contributed by atoms with Crippen molar-refractivity contribution in [2.75, 3.05) is 0 Å². The van der Waals surface area contributed by atoms with Crippen molar-refractivity contribution < 1.29 is 13.2 Å². The second-order valence-electron chi connectivity index (χ2n) is 3.75. The van der Waals surface area contributed by atoms with E-state index in [0.717, 1.165) is 6.07 Å². The largest absolute Gasteiger partial charge is 0.417 e. The summed E-state index contributed by atoms with van der Waals surface area (Å²) in [6.07, 6.45) is -4.37. The molecule has 0 aliphatic heterocycles. The summed E-state index contributed by atoms with van der Waals surface area (Å²) in [5.41, 5.74) is -0.469. The molecule has 0 amide bonds. The van der Waals surface area contributed by atoms with E-state index in [1.807, 2.05) is 13.8 Å². The Kier molecular flexibility index (Phi) is 4.83. The highest BCUT2D eigenvalue weighted by Gasteiger charge is 2.33. The van der Waals surface area contributed by atoms with Gasteiger partial charge >= 0.3 is 6.18 Å². The van der Waals surface area contributed by atoms with Gasteiger partial charge in [0.1, 0.15) is 5.17 Å². The van der Waals surface area contributed by atoms with E-state index in [0.29, 0.717) is 5.17 Å². The summed E-state index contributed by atoms with van der Waals surface area (Å²) >= 11 is 7.47. The molecule has 0 saturated heterocycles. The highest BCUT2D eigenvalue weighted by molar-refractivity contribution is 14.1.